The lowest BCUT2D eigenvalue weighted by atomic mass is 10.0. The number of nitrogens with one attached hydrogen (secondary N) is 1. The van der Waals surface area contributed by atoms with Crippen LogP contribution in [0.2, 0.25) is 5.02 Å². The van der Waals surface area contributed by atoms with Crippen LogP contribution in [0.15, 0.2) is 47.4 Å². The molecular formula is C17H19ClN2O3S. The summed E-state index contributed by atoms with van der Waals surface area (Å²) in [7, 11) is -2.39. The van der Waals surface area contributed by atoms with Gasteiger partial charge in [-0.15, -0.1) is 0 Å². The molecule has 0 atom stereocenters. The van der Waals surface area contributed by atoms with Gasteiger partial charge in [0.1, 0.15) is 10.6 Å². The van der Waals surface area contributed by atoms with Crippen LogP contribution < -0.4 is 14.4 Å². The number of anilines is 2. The number of nitrogens with zero attached hydrogens (tertiary/aromatic N) is 1. The molecule has 0 unspecified atom stereocenters. The van der Waals surface area contributed by atoms with Gasteiger partial charge in [0.2, 0.25) is 0 Å². The Labute approximate surface area is 147 Å². The van der Waals surface area contributed by atoms with Crippen molar-refractivity contribution in [2.24, 2.45) is 0 Å². The maximum atomic E-state index is 13.3. The van der Waals surface area contributed by atoms with Crippen molar-refractivity contribution >= 4 is 33.0 Å². The Morgan fingerprint density at radius 1 is 1.21 bits per heavy atom. The number of fused-ring (bicyclic) bond motifs is 1. The standard InChI is InChI=1S/C17H19ClN2O3S/c1-17(2)11-20(14-7-5-4-6-13(14)19-17)24(21,22)16-10-12(18)8-9-15(16)23-3/h4-10,19H,11H2,1-3H3. The summed E-state index contributed by atoms with van der Waals surface area (Å²) >= 11 is 6.02. The molecule has 0 saturated heterocycles. The van der Waals surface area contributed by atoms with E-state index in [0.29, 0.717) is 17.3 Å². The summed E-state index contributed by atoms with van der Waals surface area (Å²) in [6.07, 6.45) is 0. The van der Waals surface area contributed by atoms with Crippen molar-refractivity contribution in [1.82, 2.24) is 0 Å². The topological polar surface area (TPSA) is 58.6 Å². The second-order valence-electron chi connectivity index (χ2n) is 6.33. The summed E-state index contributed by atoms with van der Waals surface area (Å²) in [5.41, 5.74) is 0.977. The lowest BCUT2D eigenvalue weighted by Gasteiger charge is -2.41. The Kier molecular flexibility index (Phi) is 4.13. The molecule has 0 fully saturated rings. The van der Waals surface area contributed by atoms with Crippen LogP contribution in [0.3, 0.4) is 0 Å². The highest BCUT2D eigenvalue weighted by Crippen LogP contribution is 2.39. The van der Waals surface area contributed by atoms with Gasteiger partial charge in [0.15, 0.2) is 0 Å². The smallest absolute Gasteiger partial charge is 0.268 e. The number of hydrogen-bond acceptors (Lipinski definition) is 4. The molecule has 1 N–H and O–H groups in total. The monoisotopic (exact) mass is 366 g/mol. The van der Waals surface area contributed by atoms with E-state index in [-0.39, 0.29) is 10.6 Å². The molecule has 0 bridgehead atoms. The second-order valence-corrected chi connectivity index (χ2v) is 8.60. The molecule has 1 aliphatic rings. The van der Waals surface area contributed by atoms with E-state index in [4.69, 9.17) is 16.3 Å². The van der Waals surface area contributed by atoms with E-state index in [1.807, 2.05) is 32.0 Å². The molecule has 2 aromatic rings. The highest BCUT2D eigenvalue weighted by Gasteiger charge is 2.37. The molecule has 128 valence electrons. The third-order valence-electron chi connectivity index (χ3n) is 3.88. The van der Waals surface area contributed by atoms with Gasteiger partial charge in [0.05, 0.1) is 30.6 Å². The first-order valence-electron chi connectivity index (χ1n) is 7.48. The molecule has 0 radical (unpaired) electrons. The number of halogens is 1. The Morgan fingerprint density at radius 3 is 2.62 bits per heavy atom. The van der Waals surface area contributed by atoms with Crippen molar-refractivity contribution in [2.45, 2.75) is 24.3 Å². The first-order valence-corrected chi connectivity index (χ1v) is 9.30. The van der Waals surface area contributed by atoms with Crippen molar-refractivity contribution in [3.05, 3.63) is 47.5 Å². The van der Waals surface area contributed by atoms with E-state index in [2.05, 4.69) is 5.32 Å². The number of hydrogen-bond donors (Lipinski definition) is 1. The van der Waals surface area contributed by atoms with Crippen LogP contribution in [0, 0.1) is 0 Å². The van der Waals surface area contributed by atoms with E-state index in [0.717, 1.165) is 5.69 Å². The maximum absolute atomic E-state index is 13.3. The summed E-state index contributed by atoms with van der Waals surface area (Å²) in [5.74, 6) is 0.271. The van der Waals surface area contributed by atoms with Crippen LogP contribution in [-0.2, 0) is 10.0 Å². The largest absolute Gasteiger partial charge is 0.495 e. The predicted molar refractivity (Wildman–Crippen MR) is 96.7 cm³/mol. The maximum Gasteiger partial charge on any atom is 0.268 e. The van der Waals surface area contributed by atoms with Crippen molar-refractivity contribution in [1.29, 1.82) is 0 Å². The molecule has 0 saturated carbocycles. The first-order chi connectivity index (χ1) is 11.2. The first kappa shape index (κ1) is 16.9. The van der Waals surface area contributed by atoms with Gasteiger partial charge in [0.25, 0.3) is 10.0 Å². The van der Waals surface area contributed by atoms with Crippen LogP contribution in [0.25, 0.3) is 0 Å². The molecule has 0 spiro atoms. The number of rotatable bonds is 3. The average Bonchev–Trinajstić information content (AvgIpc) is 2.53. The van der Waals surface area contributed by atoms with Gasteiger partial charge in [-0.3, -0.25) is 4.31 Å². The fourth-order valence-electron chi connectivity index (χ4n) is 2.83. The molecule has 2 aromatic carbocycles. The Bertz CT molecular complexity index is 881. The van der Waals surface area contributed by atoms with Crippen molar-refractivity contribution < 1.29 is 13.2 Å². The molecule has 1 aliphatic heterocycles. The number of para-hydroxylation sites is 2. The van der Waals surface area contributed by atoms with E-state index in [1.54, 1.807) is 18.2 Å². The molecule has 0 amide bonds. The summed E-state index contributed by atoms with van der Waals surface area (Å²) in [6.45, 7) is 4.21. The van der Waals surface area contributed by atoms with Crippen LogP contribution >= 0.6 is 11.6 Å². The van der Waals surface area contributed by atoms with Gasteiger partial charge in [-0.2, -0.15) is 0 Å². The molecule has 0 aliphatic carbocycles. The fourth-order valence-corrected chi connectivity index (χ4v) is 4.90. The molecule has 24 heavy (non-hydrogen) atoms. The molecule has 1 heterocycles. The van der Waals surface area contributed by atoms with Gasteiger partial charge in [-0.05, 0) is 44.2 Å². The Balaban J connectivity index is 2.19. The molecule has 5 nitrogen and oxygen atoms in total. The fraction of sp³-hybridized carbons (Fsp3) is 0.294. The zero-order valence-corrected chi connectivity index (χ0v) is 15.3. The summed E-state index contributed by atoms with van der Waals surface area (Å²) in [4.78, 5) is 0.0602. The van der Waals surface area contributed by atoms with E-state index >= 15 is 0 Å². The number of methoxy groups -OCH3 is 1. The zero-order chi connectivity index (χ0) is 17.5. The van der Waals surface area contributed by atoms with Gasteiger partial charge in [0, 0.05) is 5.02 Å². The lowest BCUT2D eigenvalue weighted by Crippen LogP contribution is -2.50. The normalized spacial score (nSPS) is 16.2. The average molecular weight is 367 g/mol. The molecule has 3 rings (SSSR count). The lowest BCUT2D eigenvalue weighted by molar-refractivity contribution is 0.402. The highest BCUT2D eigenvalue weighted by molar-refractivity contribution is 7.93. The third-order valence-corrected chi connectivity index (χ3v) is 5.89. The Hall–Kier alpha value is -1.92. The molecular weight excluding hydrogens is 348 g/mol. The number of ether oxygens (including phenoxy) is 1. The van der Waals surface area contributed by atoms with Crippen molar-refractivity contribution in [3.8, 4) is 5.75 Å². The van der Waals surface area contributed by atoms with Crippen LogP contribution in [0.4, 0.5) is 11.4 Å². The highest BCUT2D eigenvalue weighted by atomic mass is 35.5. The van der Waals surface area contributed by atoms with Gasteiger partial charge < -0.3 is 10.1 Å². The Morgan fingerprint density at radius 2 is 1.92 bits per heavy atom. The van der Waals surface area contributed by atoms with E-state index in [9.17, 15) is 8.42 Å². The van der Waals surface area contributed by atoms with E-state index < -0.39 is 15.6 Å². The van der Waals surface area contributed by atoms with Gasteiger partial charge in [-0.1, -0.05) is 23.7 Å². The summed E-state index contributed by atoms with van der Waals surface area (Å²) in [5, 5.41) is 3.71. The number of sulfonamides is 1. The summed E-state index contributed by atoms with van der Waals surface area (Å²) < 4.78 is 33.3. The van der Waals surface area contributed by atoms with Crippen LogP contribution in [-0.4, -0.2) is 27.6 Å². The van der Waals surface area contributed by atoms with Gasteiger partial charge >= 0.3 is 0 Å². The minimum Gasteiger partial charge on any atom is -0.495 e. The zero-order valence-electron chi connectivity index (χ0n) is 13.7. The third kappa shape index (κ3) is 2.91. The number of benzene rings is 2. The predicted octanol–water partition coefficient (Wildman–Crippen LogP) is 3.75. The van der Waals surface area contributed by atoms with Gasteiger partial charge in [-0.25, -0.2) is 8.42 Å². The quantitative estimate of drug-likeness (QED) is 0.898. The SMILES string of the molecule is COc1ccc(Cl)cc1S(=O)(=O)N1CC(C)(C)Nc2ccccc21. The van der Waals surface area contributed by atoms with Crippen molar-refractivity contribution in [2.75, 3.05) is 23.3 Å². The second kappa shape index (κ2) is 5.86. The van der Waals surface area contributed by atoms with Crippen molar-refractivity contribution in [3.63, 3.8) is 0 Å². The molecule has 7 heteroatoms. The van der Waals surface area contributed by atoms with Crippen LogP contribution in [0.1, 0.15) is 13.8 Å². The minimum atomic E-state index is -3.83. The van der Waals surface area contributed by atoms with E-state index in [1.165, 1.54) is 17.5 Å². The minimum absolute atomic E-state index is 0.0602. The van der Waals surface area contributed by atoms with Crippen LogP contribution in [0.5, 0.6) is 5.75 Å². The summed E-state index contributed by atoms with van der Waals surface area (Å²) in [6, 6.07) is 11.9. The molecule has 0 aromatic heterocycles.